The summed E-state index contributed by atoms with van der Waals surface area (Å²) >= 11 is 1.41. The molecule has 0 bridgehead atoms. The van der Waals surface area contributed by atoms with Gasteiger partial charge >= 0.3 is 6.03 Å². The van der Waals surface area contributed by atoms with E-state index < -0.39 is 5.25 Å². The summed E-state index contributed by atoms with van der Waals surface area (Å²) < 4.78 is 2.17. The van der Waals surface area contributed by atoms with E-state index in [9.17, 15) is 9.59 Å². The maximum absolute atomic E-state index is 12.7. The fraction of sp³-hybridized carbons (Fsp3) is 0.286. The molecule has 1 saturated heterocycles. The zero-order valence-corrected chi connectivity index (χ0v) is 16.5. The van der Waals surface area contributed by atoms with Crippen LogP contribution in [0.5, 0.6) is 0 Å². The Morgan fingerprint density at radius 3 is 2.68 bits per heavy atom. The van der Waals surface area contributed by atoms with Crippen LogP contribution in [0.15, 0.2) is 59.8 Å². The van der Waals surface area contributed by atoms with E-state index in [4.69, 9.17) is 4.98 Å². The lowest BCUT2D eigenvalue weighted by Crippen LogP contribution is -2.39. The molecule has 1 aromatic heterocycles. The molecular weight excluding hydrogens is 372 g/mol. The predicted octanol–water partition coefficient (Wildman–Crippen LogP) is 3.31. The molecule has 0 unspecified atom stereocenters. The average molecular weight is 395 g/mol. The quantitative estimate of drug-likeness (QED) is 0.652. The molecule has 0 radical (unpaired) electrons. The van der Waals surface area contributed by atoms with Gasteiger partial charge in [0.05, 0.1) is 16.3 Å². The van der Waals surface area contributed by atoms with Gasteiger partial charge in [0.2, 0.25) is 5.91 Å². The first kappa shape index (κ1) is 18.6. The summed E-state index contributed by atoms with van der Waals surface area (Å²) in [6.07, 6.45) is 0.881. The number of thioether (sulfide) groups is 1. The Balaban J connectivity index is 1.57. The molecule has 2 heterocycles. The lowest BCUT2D eigenvalue weighted by atomic mass is 10.1. The van der Waals surface area contributed by atoms with Crippen molar-refractivity contribution in [1.29, 1.82) is 0 Å². The lowest BCUT2D eigenvalue weighted by Gasteiger charge is -2.17. The highest BCUT2D eigenvalue weighted by atomic mass is 32.2. The van der Waals surface area contributed by atoms with Gasteiger partial charge in [0, 0.05) is 19.6 Å². The summed E-state index contributed by atoms with van der Waals surface area (Å²) in [7, 11) is 0. The number of nitrogens with one attached hydrogen (secondary N) is 1. The molecule has 7 heteroatoms. The smallest absolute Gasteiger partial charge is 0.324 e. The summed E-state index contributed by atoms with van der Waals surface area (Å²) in [6.45, 7) is 3.54. The molecule has 1 N–H and O–H groups in total. The standard InChI is InChI=1S/C21H22N4O2S/c1-15(19(26)25-14-12-22-20(25)27)28-21-23-17-9-5-6-10-18(17)24(21)13-11-16-7-3-2-4-8-16/h2-10,15H,11-14H2,1H3,(H,22,27)/t15-/m0/s1. The maximum atomic E-state index is 12.7. The molecular formula is C21H22N4O2S. The van der Waals surface area contributed by atoms with Crippen LogP contribution < -0.4 is 5.32 Å². The van der Waals surface area contributed by atoms with Gasteiger partial charge in [-0.1, -0.05) is 54.2 Å². The normalized spacial score (nSPS) is 15.0. The number of fused-ring (bicyclic) bond motifs is 1. The number of hydrogen-bond acceptors (Lipinski definition) is 4. The fourth-order valence-corrected chi connectivity index (χ4v) is 4.37. The Bertz CT molecular complexity index is 1000. The van der Waals surface area contributed by atoms with Crippen molar-refractivity contribution >= 4 is 34.7 Å². The fourth-order valence-electron chi connectivity index (χ4n) is 3.35. The van der Waals surface area contributed by atoms with Crippen molar-refractivity contribution in [3.63, 3.8) is 0 Å². The topological polar surface area (TPSA) is 67.2 Å². The van der Waals surface area contributed by atoms with E-state index in [1.165, 1.54) is 22.2 Å². The molecule has 2 aromatic carbocycles. The summed E-state index contributed by atoms with van der Waals surface area (Å²) in [5.41, 5.74) is 3.23. The predicted molar refractivity (Wildman–Crippen MR) is 110 cm³/mol. The molecule has 0 spiro atoms. The Morgan fingerprint density at radius 1 is 1.18 bits per heavy atom. The third kappa shape index (κ3) is 3.75. The molecule has 1 aliphatic heterocycles. The third-order valence-corrected chi connectivity index (χ3v) is 5.92. The molecule has 3 aromatic rings. The van der Waals surface area contributed by atoms with E-state index in [-0.39, 0.29) is 11.9 Å². The van der Waals surface area contributed by atoms with Crippen molar-refractivity contribution in [3.05, 3.63) is 60.2 Å². The van der Waals surface area contributed by atoms with Crippen LogP contribution in [0.1, 0.15) is 12.5 Å². The highest BCUT2D eigenvalue weighted by Gasteiger charge is 2.31. The van der Waals surface area contributed by atoms with Crippen molar-refractivity contribution < 1.29 is 9.59 Å². The number of imide groups is 1. The Hall–Kier alpha value is -2.80. The molecule has 1 atom stereocenters. The zero-order valence-electron chi connectivity index (χ0n) is 15.7. The Labute approximate surface area is 167 Å². The molecule has 6 nitrogen and oxygen atoms in total. The van der Waals surface area contributed by atoms with Gasteiger partial charge in [0.15, 0.2) is 5.16 Å². The number of urea groups is 1. The minimum atomic E-state index is -0.392. The first-order chi connectivity index (χ1) is 13.6. The minimum absolute atomic E-state index is 0.179. The van der Waals surface area contributed by atoms with Gasteiger partial charge in [-0.25, -0.2) is 9.78 Å². The average Bonchev–Trinajstić information content (AvgIpc) is 3.29. The van der Waals surface area contributed by atoms with E-state index in [1.807, 2.05) is 43.3 Å². The number of aromatic nitrogens is 2. The van der Waals surface area contributed by atoms with Crippen LogP contribution in [0.25, 0.3) is 11.0 Å². The summed E-state index contributed by atoms with van der Waals surface area (Å²) in [6, 6.07) is 18.0. The van der Waals surface area contributed by atoms with E-state index in [1.54, 1.807) is 0 Å². The van der Waals surface area contributed by atoms with E-state index >= 15 is 0 Å². The number of carbonyl (C=O) groups excluding carboxylic acids is 2. The molecule has 144 valence electrons. The van der Waals surface area contributed by atoms with Crippen molar-refractivity contribution in [3.8, 4) is 0 Å². The van der Waals surface area contributed by atoms with Crippen molar-refractivity contribution in [2.75, 3.05) is 13.1 Å². The van der Waals surface area contributed by atoms with E-state index in [0.717, 1.165) is 29.2 Å². The number of hydrogen-bond donors (Lipinski definition) is 1. The SMILES string of the molecule is C[C@H](Sc1nc2ccccc2n1CCc1ccccc1)C(=O)N1CCNC1=O. The second-order valence-electron chi connectivity index (χ2n) is 6.75. The molecule has 1 fully saturated rings. The van der Waals surface area contributed by atoms with Crippen molar-refractivity contribution in [2.45, 2.75) is 30.3 Å². The number of amides is 3. The van der Waals surface area contributed by atoms with Crippen LogP contribution >= 0.6 is 11.8 Å². The molecule has 0 aliphatic carbocycles. The van der Waals surface area contributed by atoms with Crippen LogP contribution in [0.3, 0.4) is 0 Å². The van der Waals surface area contributed by atoms with Crippen LogP contribution in [0.4, 0.5) is 4.79 Å². The monoisotopic (exact) mass is 394 g/mol. The van der Waals surface area contributed by atoms with E-state index in [2.05, 4.69) is 28.1 Å². The number of aryl methyl sites for hydroxylation is 2. The van der Waals surface area contributed by atoms with Crippen molar-refractivity contribution in [2.24, 2.45) is 0 Å². The molecule has 1 aliphatic rings. The first-order valence-corrected chi connectivity index (χ1v) is 10.3. The van der Waals surface area contributed by atoms with Crippen LogP contribution in [0.2, 0.25) is 0 Å². The summed E-state index contributed by atoms with van der Waals surface area (Å²) in [4.78, 5) is 30.5. The lowest BCUT2D eigenvalue weighted by molar-refractivity contribution is -0.126. The number of imidazole rings is 1. The second-order valence-corrected chi connectivity index (χ2v) is 8.06. The third-order valence-electron chi connectivity index (χ3n) is 4.84. The van der Waals surface area contributed by atoms with E-state index in [0.29, 0.717) is 13.1 Å². The van der Waals surface area contributed by atoms with Gasteiger partial charge in [-0.2, -0.15) is 0 Å². The number of carbonyl (C=O) groups is 2. The summed E-state index contributed by atoms with van der Waals surface area (Å²) in [5, 5.41) is 3.09. The van der Waals surface area contributed by atoms with Gasteiger partial charge < -0.3 is 9.88 Å². The van der Waals surface area contributed by atoms with Crippen LogP contribution in [0, 0.1) is 0 Å². The molecule has 4 rings (SSSR count). The zero-order chi connectivity index (χ0) is 19.5. The number of benzene rings is 2. The number of para-hydroxylation sites is 2. The molecule has 28 heavy (non-hydrogen) atoms. The highest BCUT2D eigenvalue weighted by molar-refractivity contribution is 8.00. The largest absolute Gasteiger partial charge is 0.336 e. The number of rotatable bonds is 6. The molecule has 0 saturated carbocycles. The van der Waals surface area contributed by atoms with Gasteiger partial charge in [0.1, 0.15) is 0 Å². The van der Waals surface area contributed by atoms with Gasteiger partial charge in [-0.3, -0.25) is 9.69 Å². The van der Waals surface area contributed by atoms with Crippen LogP contribution in [-0.4, -0.2) is 44.7 Å². The van der Waals surface area contributed by atoms with Crippen molar-refractivity contribution in [1.82, 2.24) is 19.8 Å². The Kier molecular flexibility index (Phi) is 5.34. The second kappa shape index (κ2) is 8.06. The summed E-state index contributed by atoms with van der Waals surface area (Å²) in [5.74, 6) is -0.179. The van der Waals surface area contributed by atoms with Crippen LogP contribution in [-0.2, 0) is 17.8 Å². The minimum Gasteiger partial charge on any atom is -0.336 e. The maximum Gasteiger partial charge on any atom is 0.324 e. The van der Waals surface area contributed by atoms with Gasteiger partial charge in [-0.15, -0.1) is 0 Å². The van der Waals surface area contributed by atoms with Gasteiger partial charge in [-0.05, 0) is 31.0 Å². The number of nitrogens with zero attached hydrogens (tertiary/aromatic N) is 3. The Morgan fingerprint density at radius 2 is 1.93 bits per heavy atom. The first-order valence-electron chi connectivity index (χ1n) is 9.38. The van der Waals surface area contributed by atoms with Gasteiger partial charge in [0.25, 0.3) is 0 Å². The molecule has 3 amide bonds. The highest BCUT2D eigenvalue weighted by Crippen LogP contribution is 2.28.